The van der Waals surface area contributed by atoms with E-state index < -0.39 is 23.7 Å². The van der Waals surface area contributed by atoms with Gasteiger partial charge in [0.25, 0.3) is 0 Å². The summed E-state index contributed by atoms with van der Waals surface area (Å²) in [7, 11) is 1.42. The first-order valence-corrected chi connectivity index (χ1v) is 6.97. The molecule has 0 rings (SSSR count). The zero-order valence-electron chi connectivity index (χ0n) is 13.4. The molecule has 0 aromatic carbocycles. The molecule has 0 radical (unpaired) electrons. The van der Waals surface area contributed by atoms with Crippen LogP contribution in [0.3, 0.4) is 0 Å². The first-order chi connectivity index (χ1) is 9.54. The van der Waals surface area contributed by atoms with Crippen molar-refractivity contribution in [3.8, 4) is 0 Å². The summed E-state index contributed by atoms with van der Waals surface area (Å²) < 4.78 is 5.16. The molecule has 0 aromatic rings. The van der Waals surface area contributed by atoms with Crippen molar-refractivity contribution in [2.45, 2.75) is 58.6 Å². The summed E-state index contributed by atoms with van der Waals surface area (Å²) in [5, 5.41) is 11.9. The highest BCUT2D eigenvalue weighted by molar-refractivity contribution is 5.79. The van der Waals surface area contributed by atoms with Crippen molar-refractivity contribution < 1.29 is 24.2 Å². The van der Waals surface area contributed by atoms with Crippen LogP contribution in [0.2, 0.25) is 0 Å². The van der Waals surface area contributed by atoms with Gasteiger partial charge in [-0.1, -0.05) is 0 Å². The Morgan fingerprint density at radius 2 is 1.81 bits per heavy atom. The Balaban J connectivity index is 4.37. The molecule has 0 unspecified atom stereocenters. The van der Waals surface area contributed by atoms with Gasteiger partial charge in [0.15, 0.2) is 0 Å². The molecule has 122 valence electrons. The van der Waals surface area contributed by atoms with E-state index in [2.05, 4.69) is 5.32 Å². The van der Waals surface area contributed by atoms with Crippen molar-refractivity contribution in [2.75, 3.05) is 13.6 Å². The Hall–Kier alpha value is -1.79. The first-order valence-electron chi connectivity index (χ1n) is 6.97. The standard InChI is InChI=1S/C14H26N2O5/c1-10(17)15-9-7-6-8-11(12(18)19)16(5)13(20)21-14(2,3)4/h11H,6-9H2,1-5H3,(H,15,17)(H,18,19)/t11-/m0/s1. The molecule has 0 aliphatic heterocycles. The van der Waals surface area contributed by atoms with Gasteiger partial charge in [-0.25, -0.2) is 9.59 Å². The van der Waals surface area contributed by atoms with E-state index in [-0.39, 0.29) is 5.91 Å². The van der Waals surface area contributed by atoms with Gasteiger partial charge in [0.2, 0.25) is 5.91 Å². The molecule has 0 saturated heterocycles. The number of nitrogens with one attached hydrogen (secondary N) is 1. The van der Waals surface area contributed by atoms with Gasteiger partial charge in [-0.2, -0.15) is 0 Å². The first kappa shape index (κ1) is 19.2. The van der Waals surface area contributed by atoms with Crippen LogP contribution in [0.5, 0.6) is 0 Å². The number of hydrogen-bond donors (Lipinski definition) is 2. The lowest BCUT2D eigenvalue weighted by Gasteiger charge is -2.28. The lowest BCUT2D eigenvalue weighted by atomic mass is 10.1. The molecule has 0 heterocycles. The maximum atomic E-state index is 11.9. The monoisotopic (exact) mass is 302 g/mol. The molecule has 0 bridgehead atoms. The SMILES string of the molecule is CC(=O)NCCCC[C@@H](C(=O)O)N(C)C(=O)OC(C)(C)C. The van der Waals surface area contributed by atoms with E-state index in [1.165, 1.54) is 14.0 Å². The zero-order chi connectivity index (χ0) is 16.6. The molecule has 0 aliphatic carbocycles. The number of aliphatic carboxylic acids is 1. The predicted molar refractivity (Wildman–Crippen MR) is 78.0 cm³/mol. The van der Waals surface area contributed by atoms with Gasteiger partial charge in [-0.15, -0.1) is 0 Å². The minimum Gasteiger partial charge on any atom is -0.480 e. The molecular formula is C14H26N2O5. The minimum absolute atomic E-state index is 0.115. The average molecular weight is 302 g/mol. The Kier molecular flexibility index (Phi) is 7.76. The lowest BCUT2D eigenvalue weighted by Crippen LogP contribution is -2.44. The Morgan fingerprint density at radius 1 is 1.24 bits per heavy atom. The van der Waals surface area contributed by atoms with Crippen LogP contribution >= 0.6 is 0 Å². The number of carboxylic acids is 1. The Morgan fingerprint density at radius 3 is 2.24 bits per heavy atom. The van der Waals surface area contributed by atoms with Crippen LogP contribution in [0, 0.1) is 0 Å². The summed E-state index contributed by atoms with van der Waals surface area (Å²) in [5.41, 5.74) is -0.667. The number of carbonyl (C=O) groups excluding carboxylic acids is 2. The third-order valence-electron chi connectivity index (χ3n) is 2.71. The maximum absolute atomic E-state index is 11.9. The van der Waals surface area contributed by atoms with E-state index in [1.807, 2.05) is 0 Å². The maximum Gasteiger partial charge on any atom is 0.410 e. The zero-order valence-corrected chi connectivity index (χ0v) is 13.4. The molecule has 7 heteroatoms. The normalized spacial score (nSPS) is 12.4. The molecule has 2 amide bonds. The largest absolute Gasteiger partial charge is 0.480 e. The molecule has 21 heavy (non-hydrogen) atoms. The quantitative estimate of drug-likeness (QED) is 0.697. The Bertz CT molecular complexity index is 376. The number of likely N-dealkylation sites (N-methyl/N-ethyl adjacent to an activating group) is 1. The number of ether oxygens (including phenoxy) is 1. The van der Waals surface area contributed by atoms with Gasteiger partial charge >= 0.3 is 12.1 Å². The van der Waals surface area contributed by atoms with Crippen molar-refractivity contribution >= 4 is 18.0 Å². The number of carbonyl (C=O) groups is 3. The number of rotatable bonds is 7. The summed E-state index contributed by atoms with van der Waals surface area (Å²) in [6.45, 7) is 7.10. The van der Waals surface area contributed by atoms with E-state index in [4.69, 9.17) is 4.74 Å². The van der Waals surface area contributed by atoms with E-state index in [1.54, 1.807) is 20.8 Å². The van der Waals surface area contributed by atoms with Crippen LogP contribution in [0.4, 0.5) is 4.79 Å². The van der Waals surface area contributed by atoms with Gasteiger partial charge in [-0.05, 0) is 40.0 Å². The molecule has 2 N–H and O–H groups in total. The van der Waals surface area contributed by atoms with E-state index in [0.29, 0.717) is 25.8 Å². The molecule has 7 nitrogen and oxygen atoms in total. The summed E-state index contributed by atoms with van der Waals surface area (Å²) in [5.74, 6) is -1.18. The van der Waals surface area contributed by atoms with Gasteiger partial charge in [-0.3, -0.25) is 9.69 Å². The average Bonchev–Trinajstić information content (AvgIpc) is 2.29. The minimum atomic E-state index is -1.07. The summed E-state index contributed by atoms with van der Waals surface area (Å²) in [6.07, 6.45) is 0.900. The molecule has 0 saturated carbocycles. The fourth-order valence-corrected chi connectivity index (χ4v) is 1.67. The van der Waals surface area contributed by atoms with Crippen molar-refractivity contribution in [1.29, 1.82) is 0 Å². The van der Waals surface area contributed by atoms with Crippen LogP contribution in [-0.2, 0) is 14.3 Å². The smallest absolute Gasteiger partial charge is 0.410 e. The highest BCUT2D eigenvalue weighted by atomic mass is 16.6. The molecule has 0 spiro atoms. The highest BCUT2D eigenvalue weighted by Crippen LogP contribution is 2.14. The molecule has 0 aromatic heterocycles. The summed E-state index contributed by atoms with van der Waals surface area (Å²) in [6, 6.07) is -0.933. The topological polar surface area (TPSA) is 95.9 Å². The number of carboxylic acid groups (broad SMARTS) is 1. The second kappa shape index (κ2) is 8.49. The molecule has 1 atom stereocenters. The number of nitrogens with zero attached hydrogens (tertiary/aromatic N) is 1. The van der Waals surface area contributed by atoms with E-state index in [9.17, 15) is 19.5 Å². The van der Waals surface area contributed by atoms with Crippen LogP contribution in [-0.4, -0.2) is 53.2 Å². The van der Waals surface area contributed by atoms with Crippen LogP contribution < -0.4 is 5.32 Å². The summed E-state index contributed by atoms with van der Waals surface area (Å²) in [4.78, 5) is 34.9. The fraction of sp³-hybridized carbons (Fsp3) is 0.786. The second-order valence-corrected chi connectivity index (χ2v) is 5.92. The highest BCUT2D eigenvalue weighted by Gasteiger charge is 2.29. The van der Waals surface area contributed by atoms with Crippen LogP contribution in [0.25, 0.3) is 0 Å². The third kappa shape index (κ3) is 8.88. The van der Waals surface area contributed by atoms with Crippen molar-refractivity contribution in [2.24, 2.45) is 0 Å². The number of amides is 2. The second-order valence-electron chi connectivity index (χ2n) is 5.92. The van der Waals surface area contributed by atoms with Gasteiger partial charge in [0, 0.05) is 20.5 Å². The molecular weight excluding hydrogens is 276 g/mol. The Labute approximate surface area is 125 Å². The number of unbranched alkanes of at least 4 members (excludes halogenated alkanes) is 1. The van der Waals surface area contributed by atoms with Crippen molar-refractivity contribution in [1.82, 2.24) is 10.2 Å². The van der Waals surface area contributed by atoms with Crippen LogP contribution in [0.15, 0.2) is 0 Å². The van der Waals surface area contributed by atoms with Gasteiger partial charge in [0.05, 0.1) is 0 Å². The van der Waals surface area contributed by atoms with E-state index >= 15 is 0 Å². The van der Waals surface area contributed by atoms with Gasteiger partial charge < -0.3 is 15.2 Å². The van der Waals surface area contributed by atoms with Crippen molar-refractivity contribution in [3.63, 3.8) is 0 Å². The van der Waals surface area contributed by atoms with Gasteiger partial charge in [0.1, 0.15) is 11.6 Å². The lowest BCUT2D eigenvalue weighted by molar-refractivity contribution is -0.143. The van der Waals surface area contributed by atoms with E-state index in [0.717, 1.165) is 4.90 Å². The number of hydrogen-bond acceptors (Lipinski definition) is 4. The molecule has 0 aliphatic rings. The third-order valence-corrected chi connectivity index (χ3v) is 2.71. The summed E-state index contributed by atoms with van der Waals surface area (Å²) >= 11 is 0. The predicted octanol–water partition coefficient (Wildman–Crippen LogP) is 1.61. The van der Waals surface area contributed by atoms with Crippen LogP contribution in [0.1, 0.15) is 47.0 Å². The fourth-order valence-electron chi connectivity index (χ4n) is 1.67. The van der Waals surface area contributed by atoms with Crippen molar-refractivity contribution in [3.05, 3.63) is 0 Å². The molecule has 0 fully saturated rings.